The van der Waals surface area contributed by atoms with Crippen LogP contribution in [0.25, 0.3) is 0 Å². The quantitative estimate of drug-likeness (QED) is 0.806. The molecular formula is C10H10F3NO3. The van der Waals surface area contributed by atoms with Gasteiger partial charge >= 0.3 is 12.3 Å². The molecule has 0 radical (unpaired) electrons. The zero-order valence-corrected chi connectivity index (χ0v) is 8.78. The number of halogens is 3. The number of alkyl halides is 3. The number of nitrogens with two attached hydrogens (primary N) is 1. The lowest BCUT2D eigenvalue weighted by Crippen LogP contribution is -2.18. The summed E-state index contributed by atoms with van der Waals surface area (Å²) in [5.74, 6) is -2.68. The van der Waals surface area contributed by atoms with Crippen molar-refractivity contribution < 1.29 is 27.8 Å². The van der Waals surface area contributed by atoms with Crippen LogP contribution in [0.2, 0.25) is 0 Å². The fourth-order valence-electron chi connectivity index (χ4n) is 1.26. The first-order valence-corrected chi connectivity index (χ1v) is 4.58. The lowest BCUT2D eigenvalue weighted by atomic mass is 9.99. The number of carbonyl (C=O) groups is 1. The minimum atomic E-state index is -4.82. The molecule has 0 bridgehead atoms. The van der Waals surface area contributed by atoms with Crippen molar-refractivity contribution in [3.8, 4) is 5.75 Å². The van der Waals surface area contributed by atoms with Crippen LogP contribution in [0, 0.1) is 0 Å². The van der Waals surface area contributed by atoms with Crippen LogP contribution in [0.5, 0.6) is 5.75 Å². The van der Waals surface area contributed by atoms with E-state index in [0.717, 1.165) is 12.1 Å². The molecule has 0 heterocycles. The number of hydrogen-bond donors (Lipinski definition) is 2. The van der Waals surface area contributed by atoms with E-state index in [9.17, 15) is 18.0 Å². The predicted octanol–water partition coefficient (Wildman–Crippen LogP) is 2.36. The van der Waals surface area contributed by atoms with Gasteiger partial charge in [0.2, 0.25) is 0 Å². The molecule has 17 heavy (non-hydrogen) atoms. The van der Waals surface area contributed by atoms with Gasteiger partial charge in [-0.3, -0.25) is 4.79 Å². The zero-order valence-electron chi connectivity index (χ0n) is 8.78. The predicted molar refractivity (Wildman–Crippen MR) is 53.6 cm³/mol. The second-order valence-electron chi connectivity index (χ2n) is 3.40. The standard InChI is InChI=1S/C10H10F3NO3/c1-5(9(15)16)7-4-6(2-3-8(7)14)17-10(11,12)13/h2-5H,14H2,1H3,(H,15,16). The van der Waals surface area contributed by atoms with E-state index in [1.54, 1.807) is 0 Å². The van der Waals surface area contributed by atoms with Crippen molar-refractivity contribution in [3.63, 3.8) is 0 Å². The van der Waals surface area contributed by atoms with Crippen molar-refractivity contribution in [3.05, 3.63) is 23.8 Å². The molecule has 4 nitrogen and oxygen atoms in total. The summed E-state index contributed by atoms with van der Waals surface area (Å²) in [4.78, 5) is 10.7. The average Bonchev–Trinajstić information content (AvgIpc) is 2.17. The summed E-state index contributed by atoms with van der Waals surface area (Å²) < 4.78 is 39.6. The highest BCUT2D eigenvalue weighted by atomic mass is 19.4. The lowest BCUT2D eigenvalue weighted by molar-refractivity contribution is -0.274. The first-order chi connectivity index (χ1) is 7.70. The molecule has 0 amide bonds. The molecule has 1 aromatic rings. The van der Waals surface area contributed by atoms with Crippen LogP contribution in [0.4, 0.5) is 18.9 Å². The third-order valence-corrected chi connectivity index (χ3v) is 2.13. The van der Waals surface area contributed by atoms with Gasteiger partial charge in [0.1, 0.15) is 5.75 Å². The summed E-state index contributed by atoms with van der Waals surface area (Å²) in [6.45, 7) is 1.32. The van der Waals surface area contributed by atoms with Gasteiger partial charge in [-0.05, 0) is 30.7 Å². The van der Waals surface area contributed by atoms with Gasteiger partial charge in [0.05, 0.1) is 5.92 Å². The summed E-state index contributed by atoms with van der Waals surface area (Å²) >= 11 is 0. The molecule has 7 heteroatoms. The van der Waals surface area contributed by atoms with Crippen molar-refractivity contribution in [1.29, 1.82) is 0 Å². The van der Waals surface area contributed by atoms with Gasteiger partial charge in [0.25, 0.3) is 0 Å². The fourth-order valence-corrected chi connectivity index (χ4v) is 1.26. The SMILES string of the molecule is CC(C(=O)O)c1cc(OC(F)(F)F)ccc1N. The van der Waals surface area contributed by atoms with Crippen LogP contribution in [0.1, 0.15) is 18.4 Å². The number of ether oxygens (including phenoxy) is 1. The smallest absolute Gasteiger partial charge is 0.481 e. The van der Waals surface area contributed by atoms with E-state index in [2.05, 4.69) is 4.74 Å². The second kappa shape index (κ2) is 4.52. The number of hydrogen-bond acceptors (Lipinski definition) is 3. The van der Waals surface area contributed by atoms with Gasteiger partial charge in [0.15, 0.2) is 0 Å². The molecule has 0 aliphatic carbocycles. The normalized spacial score (nSPS) is 13.2. The van der Waals surface area contributed by atoms with Gasteiger partial charge in [-0.15, -0.1) is 13.2 Å². The summed E-state index contributed by atoms with van der Waals surface area (Å²) in [6.07, 6.45) is -4.82. The number of nitrogen functional groups attached to an aromatic ring is 1. The van der Waals surface area contributed by atoms with Gasteiger partial charge < -0.3 is 15.6 Å². The molecule has 0 aliphatic rings. The Labute approximate surface area is 94.8 Å². The highest BCUT2D eigenvalue weighted by Crippen LogP contribution is 2.30. The molecule has 1 atom stereocenters. The molecule has 1 unspecified atom stereocenters. The molecule has 3 N–H and O–H groups in total. The minimum absolute atomic E-state index is 0.0826. The zero-order chi connectivity index (χ0) is 13.2. The third-order valence-electron chi connectivity index (χ3n) is 2.13. The summed E-state index contributed by atoms with van der Waals surface area (Å²) in [6, 6.07) is 3.18. The van der Waals surface area contributed by atoms with E-state index < -0.39 is 24.0 Å². The molecule has 1 rings (SSSR count). The van der Waals surface area contributed by atoms with E-state index in [1.807, 2.05) is 0 Å². The van der Waals surface area contributed by atoms with Crippen LogP contribution in [-0.4, -0.2) is 17.4 Å². The molecule has 0 aliphatic heterocycles. The molecule has 0 aromatic heterocycles. The van der Waals surface area contributed by atoms with E-state index in [4.69, 9.17) is 10.8 Å². The van der Waals surface area contributed by atoms with Crippen LogP contribution in [0.3, 0.4) is 0 Å². The summed E-state index contributed by atoms with van der Waals surface area (Å²) in [7, 11) is 0. The topological polar surface area (TPSA) is 72.5 Å². The van der Waals surface area contributed by atoms with Gasteiger partial charge in [-0.1, -0.05) is 0 Å². The molecular weight excluding hydrogens is 239 g/mol. The fraction of sp³-hybridized carbons (Fsp3) is 0.300. The maximum atomic E-state index is 12.0. The lowest BCUT2D eigenvalue weighted by Gasteiger charge is -2.13. The number of aliphatic carboxylic acids is 1. The number of carboxylic acid groups (broad SMARTS) is 1. The van der Waals surface area contributed by atoms with Gasteiger partial charge in [-0.2, -0.15) is 0 Å². The highest BCUT2D eigenvalue weighted by molar-refractivity contribution is 5.78. The van der Waals surface area contributed by atoms with Crippen molar-refractivity contribution in [2.45, 2.75) is 19.2 Å². The van der Waals surface area contributed by atoms with Crippen LogP contribution in [-0.2, 0) is 4.79 Å². The number of anilines is 1. The Balaban J connectivity index is 3.06. The van der Waals surface area contributed by atoms with Crippen molar-refractivity contribution in [1.82, 2.24) is 0 Å². The molecule has 0 spiro atoms. The number of benzene rings is 1. The van der Waals surface area contributed by atoms with Crippen molar-refractivity contribution >= 4 is 11.7 Å². The third kappa shape index (κ3) is 3.54. The summed E-state index contributed by atoms with van der Waals surface area (Å²) in [5, 5.41) is 8.76. The maximum absolute atomic E-state index is 12.0. The van der Waals surface area contributed by atoms with Crippen molar-refractivity contribution in [2.75, 3.05) is 5.73 Å². The van der Waals surface area contributed by atoms with Crippen LogP contribution in [0.15, 0.2) is 18.2 Å². The Kier molecular flexibility index (Phi) is 3.50. The minimum Gasteiger partial charge on any atom is -0.481 e. The summed E-state index contributed by atoms with van der Waals surface area (Å²) in [5.41, 5.74) is 5.68. The monoisotopic (exact) mass is 249 g/mol. The Bertz CT molecular complexity index is 431. The first kappa shape index (κ1) is 13.1. The maximum Gasteiger partial charge on any atom is 0.573 e. The van der Waals surface area contributed by atoms with Crippen LogP contribution < -0.4 is 10.5 Å². The second-order valence-corrected chi connectivity index (χ2v) is 3.40. The van der Waals surface area contributed by atoms with Gasteiger partial charge in [-0.25, -0.2) is 0 Å². The highest BCUT2D eigenvalue weighted by Gasteiger charge is 2.31. The van der Waals surface area contributed by atoms with Crippen molar-refractivity contribution in [2.24, 2.45) is 0 Å². The average molecular weight is 249 g/mol. The largest absolute Gasteiger partial charge is 0.573 e. The molecule has 94 valence electrons. The number of rotatable bonds is 3. The number of carboxylic acids is 1. The van der Waals surface area contributed by atoms with E-state index in [-0.39, 0.29) is 11.3 Å². The Morgan fingerprint density at radius 2 is 2.06 bits per heavy atom. The Hall–Kier alpha value is -1.92. The van der Waals surface area contributed by atoms with E-state index in [1.165, 1.54) is 13.0 Å². The Morgan fingerprint density at radius 1 is 1.47 bits per heavy atom. The van der Waals surface area contributed by atoms with Crippen LogP contribution >= 0.6 is 0 Å². The molecule has 1 aromatic carbocycles. The molecule has 0 saturated carbocycles. The first-order valence-electron chi connectivity index (χ1n) is 4.58. The van der Waals surface area contributed by atoms with E-state index in [0.29, 0.717) is 0 Å². The van der Waals surface area contributed by atoms with Gasteiger partial charge in [0, 0.05) is 5.69 Å². The molecule has 0 saturated heterocycles. The Morgan fingerprint density at radius 3 is 2.53 bits per heavy atom. The molecule has 0 fully saturated rings. The van der Waals surface area contributed by atoms with E-state index >= 15 is 0 Å².